The van der Waals surface area contributed by atoms with Gasteiger partial charge in [-0.25, -0.2) is 4.79 Å². The number of anilines is 2. The Bertz CT molecular complexity index is 994. The fourth-order valence-corrected chi connectivity index (χ4v) is 2.56. The van der Waals surface area contributed by atoms with Crippen LogP contribution in [0.25, 0.3) is 10.9 Å². The van der Waals surface area contributed by atoms with Crippen LogP contribution in [-0.2, 0) is 14.3 Å². The van der Waals surface area contributed by atoms with Gasteiger partial charge in [-0.05, 0) is 36.4 Å². The Kier molecular flexibility index (Phi) is 5.41. The first kappa shape index (κ1) is 18.1. The van der Waals surface area contributed by atoms with Gasteiger partial charge >= 0.3 is 5.97 Å². The summed E-state index contributed by atoms with van der Waals surface area (Å²) in [5, 5.41) is 6.22. The number of benzene rings is 2. The topological polar surface area (TPSA) is 97.4 Å². The molecule has 0 fully saturated rings. The number of fused-ring (bicyclic) bond motifs is 1. The largest absolute Gasteiger partial charge is 0.465 e. The summed E-state index contributed by atoms with van der Waals surface area (Å²) in [6.45, 7) is 0. The van der Waals surface area contributed by atoms with E-state index in [1.807, 2.05) is 24.3 Å². The van der Waals surface area contributed by atoms with Gasteiger partial charge in [-0.1, -0.05) is 18.2 Å². The van der Waals surface area contributed by atoms with Crippen molar-refractivity contribution in [1.29, 1.82) is 0 Å². The van der Waals surface area contributed by atoms with Crippen LogP contribution >= 0.6 is 0 Å². The molecule has 0 aliphatic rings. The molecule has 0 aliphatic heterocycles. The minimum absolute atomic E-state index is 0.345. The summed E-state index contributed by atoms with van der Waals surface area (Å²) in [5.41, 5.74) is 2.06. The number of hydrogen-bond donors (Lipinski definition) is 2. The number of hydrogen-bond acceptors (Lipinski definition) is 5. The summed E-state index contributed by atoms with van der Waals surface area (Å²) in [7, 11) is 1.29. The second kappa shape index (κ2) is 8.09. The Hall–Kier alpha value is -3.74. The van der Waals surface area contributed by atoms with Crippen LogP contribution in [0.1, 0.15) is 16.8 Å². The molecule has 2 N–H and O–H groups in total. The number of para-hydroxylation sites is 1. The molecule has 1 heterocycles. The SMILES string of the molecule is COC(=O)c1ccc(NC(=O)CC(=O)Nc2cccc3cccnc23)cc1. The van der Waals surface area contributed by atoms with Gasteiger partial charge in [0.2, 0.25) is 11.8 Å². The van der Waals surface area contributed by atoms with E-state index in [4.69, 9.17) is 0 Å². The van der Waals surface area contributed by atoms with Gasteiger partial charge in [0.25, 0.3) is 0 Å². The van der Waals surface area contributed by atoms with Crippen molar-refractivity contribution in [3.05, 3.63) is 66.4 Å². The molecule has 7 heteroatoms. The van der Waals surface area contributed by atoms with Crippen LogP contribution in [0.2, 0.25) is 0 Å². The standard InChI is InChI=1S/C20H17N3O4/c1-27-20(26)14-7-9-15(10-8-14)22-17(24)12-18(25)23-16-6-2-4-13-5-3-11-21-19(13)16/h2-11H,12H2,1H3,(H,22,24)(H,23,25). The molecule has 3 aromatic rings. The molecule has 0 aliphatic carbocycles. The quantitative estimate of drug-likeness (QED) is 0.536. The second-order valence-electron chi connectivity index (χ2n) is 5.72. The van der Waals surface area contributed by atoms with Gasteiger partial charge in [0.1, 0.15) is 6.42 Å². The molecule has 7 nitrogen and oxygen atoms in total. The average molecular weight is 363 g/mol. The van der Waals surface area contributed by atoms with Crippen LogP contribution in [0, 0.1) is 0 Å². The summed E-state index contributed by atoms with van der Waals surface area (Å²) in [4.78, 5) is 39.9. The van der Waals surface area contributed by atoms with E-state index in [0.717, 1.165) is 5.39 Å². The fraction of sp³-hybridized carbons (Fsp3) is 0.100. The lowest BCUT2D eigenvalue weighted by Gasteiger charge is -2.09. The highest BCUT2D eigenvalue weighted by Gasteiger charge is 2.12. The van der Waals surface area contributed by atoms with E-state index < -0.39 is 17.8 Å². The van der Waals surface area contributed by atoms with Gasteiger partial charge in [0.15, 0.2) is 0 Å². The van der Waals surface area contributed by atoms with E-state index in [1.165, 1.54) is 19.2 Å². The molecule has 2 aromatic carbocycles. The number of amides is 2. The molecule has 0 radical (unpaired) electrons. The molecule has 0 saturated heterocycles. The number of ether oxygens (including phenoxy) is 1. The van der Waals surface area contributed by atoms with E-state index in [0.29, 0.717) is 22.5 Å². The third-order valence-corrected chi connectivity index (χ3v) is 3.82. The maximum atomic E-state index is 12.2. The van der Waals surface area contributed by atoms with Gasteiger partial charge < -0.3 is 15.4 Å². The van der Waals surface area contributed by atoms with Crippen molar-refractivity contribution in [3.8, 4) is 0 Å². The number of rotatable bonds is 5. The summed E-state index contributed by atoms with van der Waals surface area (Å²) in [6.07, 6.45) is 1.30. The van der Waals surface area contributed by atoms with Crippen LogP contribution < -0.4 is 10.6 Å². The number of methoxy groups -OCH3 is 1. The molecular formula is C20H17N3O4. The highest BCUT2D eigenvalue weighted by Crippen LogP contribution is 2.20. The van der Waals surface area contributed by atoms with Crippen molar-refractivity contribution in [2.24, 2.45) is 0 Å². The molecule has 0 spiro atoms. The fourth-order valence-electron chi connectivity index (χ4n) is 2.56. The van der Waals surface area contributed by atoms with Crippen LogP contribution in [-0.4, -0.2) is 29.9 Å². The highest BCUT2D eigenvalue weighted by atomic mass is 16.5. The Morgan fingerprint density at radius 1 is 0.926 bits per heavy atom. The van der Waals surface area contributed by atoms with Crippen molar-refractivity contribution in [1.82, 2.24) is 4.98 Å². The summed E-state index contributed by atoms with van der Waals surface area (Å²) in [5.74, 6) is -1.38. The number of pyridine rings is 1. The van der Waals surface area contributed by atoms with Crippen molar-refractivity contribution >= 4 is 40.1 Å². The van der Waals surface area contributed by atoms with Gasteiger partial charge in [-0.15, -0.1) is 0 Å². The molecule has 0 atom stereocenters. The number of nitrogens with one attached hydrogen (secondary N) is 2. The zero-order valence-electron chi connectivity index (χ0n) is 14.6. The Labute approximate surface area is 155 Å². The number of carbonyl (C=O) groups excluding carboxylic acids is 3. The first-order valence-corrected chi connectivity index (χ1v) is 8.18. The number of carbonyl (C=O) groups is 3. The minimum Gasteiger partial charge on any atom is -0.465 e. The molecule has 27 heavy (non-hydrogen) atoms. The lowest BCUT2D eigenvalue weighted by molar-refractivity contribution is -0.123. The molecular weight excluding hydrogens is 346 g/mol. The molecule has 2 amide bonds. The van der Waals surface area contributed by atoms with Crippen LogP contribution in [0.5, 0.6) is 0 Å². The van der Waals surface area contributed by atoms with E-state index in [1.54, 1.807) is 24.4 Å². The summed E-state index contributed by atoms with van der Waals surface area (Å²) < 4.78 is 4.61. The van der Waals surface area contributed by atoms with Gasteiger partial charge in [0.05, 0.1) is 23.9 Å². The molecule has 0 bridgehead atoms. The van der Waals surface area contributed by atoms with Gasteiger partial charge in [-0.3, -0.25) is 14.6 Å². The predicted octanol–water partition coefficient (Wildman–Crippen LogP) is 2.99. The van der Waals surface area contributed by atoms with Crippen molar-refractivity contribution in [3.63, 3.8) is 0 Å². The van der Waals surface area contributed by atoms with Crippen molar-refractivity contribution < 1.29 is 19.1 Å². The first-order chi connectivity index (χ1) is 13.1. The Morgan fingerprint density at radius 2 is 1.63 bits per heavy atom. The summed E-state index contributed by atoms with van der Waals surface area (Å²) in [6, 6.07) is 15.3. The normalized spacial score (nSPS) is 10.3. The highest BCUT2D eigenvalue weighted by molar-refractivity contribution is 6.10. The zero-order valence-corrected chi connectivity index (χ0v) is 14.6. The zero-order chi connectivity index (χ0) is 19.2. The molecule has 0 unspecified atom stereocenters. The number of aromatic nitrogens is 1. The first-order valence-electron chi connectivity index (χ1n) is 8.18. The van der Waals surface area contributed by atoms with E-state index in [2.05, 4.69) is 20.4 Å². The maximum absolute atomic E-state index is 12.2. The van der Waals surface area contributed by atoms with E-state index in [-0.39, 0.29) is 6.42 Å². The number of esters is 1. The van der Waals surface area contributed by atoms with Crippen LogP contribution in [0.4, 0.5) is 11.4 Å². The third kappa shape index (κ3) is 4.46. The lowest BCUT2D eigenvalue weighted by atomic mass is 10.2. The molecule has 1 aromatic heterocycles. The molecule has 0 saturated carbocycles. The number of nitrogens with zero attached hydrogens (tertiary/aromatic N) is 1. The van der Waals surface area contributed by atoms with E-state index >= 15 is 0 Å². The minimum atomic E-state index is -0.466. The summed E-state index contributed by atoms with van der Waals surface area (Å²) >= 11 is 0. The van der Waals surface area contributed by atoms with Crippen LogP contribution in [0.15, 0.2) is 60.8 Å². The smallest absolute Gasteiger partial charge is 0.337 e. The average Bonchev–Trinajstić information content (AvgIpc) is 2.68. The molecule has 136 valence electrons. The van der Waals surface area contributed by atoms with Crippen LogP contribution in [0.3, 0.4) is 0 Å². The Morgan fingerprint density at radius 3 is 2.37 bits per heavy atom. The maximum Gasteiger partial charge on any atom is 0.337 e. The van der Waals surface area contributed by atoms with Gasteiger partial charge in [0, 0.05) is 17.3 Å². The molecule has 3 rings (SSSR count). The third-order valence-electron chi connectivity index (χ3n) is 3.82. The van der Waals surface area contributed by atoms with Crippen molar-refractivity contribution in [2.45, 2.75) is 6.42 Å². The van der Waals surface area contributed by atoms with Crippen molar-refractivity contribution in [2.75, 3.05) is 17.7 Å². The monoisotopic (exact) mass is 363 g/mol. The Balaban J connectivity index is 1.60. The van der Waals surface area contributed by atoms with E-state index in [9.17, 15) is 14.4 Å². The van der Waals surface area contributed by atoms with Gasteiger partial charge in [-0.2, -0.15) is 0 Å². The second-order valence-corrected chi connectivity index (χ2v) is 5.72. The lowest BCUT2D eigenvalue weighted by Crippen LogP contribution is -2.21. The predicted molar refractivity (Wildman–Crippen MR) is 101 cm³/mol.